The van der Waals surface area contributed by atoms with Crippen LogP contribution in [0.2, 0.25) is 0 Å². The van der Waals surface area contributed by atoms with Crippen LogP contribution in [0.1, 0.15) is 61.1 Å². The molecule has 0 aromatic carbocycles. The molecule has 22 heavy (non-hydrogen) atoms. The average Bonchev–Trinajstić information content (AvgIpc) is 2.72. The number of furan rings is 1. The number of guanidine groups is 1. The van der Waals surface area contributed by atoms with Gasteiger partial charge in [-0.05, 0) is 40.5 Å². The molecule has 1 aromatic heterocycles. The Bertz CT molecular complexity index is 646. The number of hydrogen-bond donors (Lipinski definition) is 3. The van der Waals surface area contributed by atoms with Gasteiger partial charge in [-0.3, -0.25) is 4.79 Å². The van der Waals surface area contributed by atoms with Gasteiger partial charge in [0.2, 0.25) is 5.96 Å². The second-order valence-corrected chi connectivity index (χ2v) is 6.48. The van der Waals surface area contributed by atoms with Crippen LogP contribution in [0.4, 0.5) is 0 Å². The Morgan fingerprint density at radius 1 is 1.27 bits per heavy atom. The molecular formula is C15H23N5O2. The monoisotopic (exact) mass is 305 g/mol. The topological polar surface area (TPSA) is 119 Å². The Morgan fingerprint density at radius 2 is 1.95 bits per heavy atom. The summed E-state index contributed by atoms with van der Waals surface area (Å²) in [6.07, 6.45) is 2.42. The third-order valence-corrected chi connectivity index (χ3v) is 3.31. The normalized spacial score (nSPS) is 16.3. The summed E-state index contributed by atoms with van der Waals surface area (Å²) >= 11 is 0. The van der Waals surface area contributed by atoms with Crippen molar-refractivity contribution in [3.05, 3.63) is 22.6 Å². The fourth-order valence-corrected chi connectivity index (χ4v) is 2.50. The molecule has 2 rings (SSSR count). The van der Waals surface area contributed by atoms with Gasteiger partial charge >= 0.3 is 0 Å². The molecule has 0 saturated heterocycles. The third-order valence-electron chi connectivity index (χ3n) is 3.31. The number of carbonyl (C=O) groups is 1. The molecule has 120 valence electrons. The molecular weight excluding hydrogens is 282 g/mol. The zero-order valence-corrected chi connectivity index (χ0v) is 13.5. The van der Waals surface area contributed by atoms with Crippen molar-refractivity contribution in [3.63, 3.8) is 0 Å². The van der Waals surface area contributed by atoms with Gasteiger partial charge in [-0.25, -0.2) is 0 Å². The minimum atomic E-state index is -0.327. The predicted molar refractivity (Wildman–Crippen MR) is 85.9 cm³/mol. The number of amides is 1. The van der Waals surface area contributed by atoms with E-state index < -0.39 is 0 Å². The van der Waals surface area contributed by atoms with Gasteiger partial charge in [-0.2, -0.15) is 5.10 Å². The molecule has 1 heterocycles. The van der Waals surface area contributed by atoms with E-state index in [2.05, 4.69) is 15.5 Å². The van der Waals surface area contributed by atoms with Crippen LogP contribution in [0, 0.1) is 6.92 Å². The Morgan fingerprint density at radius 3 is 2.55 bits per heavy atom. The highest BCUT2D eigenvalue weighted by atomic mass is 16.4. The lowest BCUT2D eigenvalue weighted by Gasteiger charge is -2.19. The minimum absolute atomic E-state index is 0.0912. The van der Waals surface area contributed by atoms with Gasteiger partial charge in [0.1, 0.15) is 5.76 Å². The molecule has 7 nitrogen and oxygen atoms in total. The second-order valence-electron chi connectivity index (χ2n) is 6.48. The second kappa shape index (κ2) is 5.82. The summed E-state index contributed by atoms with van der Waals surface area (Å²) in [5.74, 6) is 0.790. The van der Waals surface area contributed by atoms with Gasteiger partial charge in [0.25, 0.3) is 5.91 Å². The van der Waals surface area contributed by atoms with Crippen molar-refractivity contribution in [2.24, 2.45) is 21.7 Å². The summed E-state index contributed by atoms with van der Waals surface area (Å²) < 4.78 is 5.78. The molecule has 7 heteroatoms. The fraction of sp³-hybridized carbons (Fsp3) is 0.533. The van der Waals surface area contributed by atoms with Crippen LogP contribution in [0.15, 0.2) is 14.6 Å². The first-order chi connectivity index (χ1) is 10.2. The molecule has 5 N–H and O–H groups in total. The Balaban J connectivity index is 2.41. The van der Waals surface area contributed by atoms with Crippen molar-refractivity contribution in [1.29, 1.82) is 0 Å². The zero-order chi connectivity index (χ0) is 16.5. The van der Waals surface area contributed by atoms with E-state index in [-0.39, 0.29) is 17.4 Å². The van der Waals surface area contributed by atoms with Gasteiger partial charge in [0.15, 0.2) is 5.76 Å². The summed E-state index contributed by atoms with van der Waals surface area (Å²) in [5.41, 5.74) is 12.7. The van der Waals surface area contributed by atoms with Gasteiger partial charge < -0.3 is 21.2 Å². The van der Waals surface area contributed by atoms with E-state index in [9.17, 15) is 4.79 Å². The van der Waals surface area contributed by atoms with Crippen molar-refractivity contribution >= 4 is 17.6 Å². The minimum Gasteiger partial charge on any atom is -0.455 e. The lowest BCUT2D eigenvalue weighted by atomic mass is 9.93. The number of fused-ring (bicyclic) bond motifs is 1. The van der Waals surface area contributed by atoms with E-state index in [1.165, 1.54) is 0 Å². The Labute approximate surface area is 129 Å². The highest BCUT2D eigenvalue weighted by molar-refractivity contribution is 6.06. The maximum Gasteiger partial charge on any atom is 0.287 e. The largest absolute Gasteiger partial charge is 0.455 e. The first-order valence-electron chi connectivity index (χ1n) is 7.29. The number of nitrogens with two attached hydrogens (primary N) is 2. The number of nitrogens with zero attached hydrogens (tertiary/aromatic N) is 2. The summed E-state index contributed by atoms with van der Waals surface area (Å²) in [6.45, 7) is 7.63. The van der Waals surface area contributed by atoms with Crippen LogP contribution in [-0.4, -0.2) is 23.1 Å². The Hall–Kier alpha value is -2.31. The SMILES string of the molecule is Cc1c(C(=O)NC(C)(C)C)oc2c1/C(=N/N=C(N)N)CCC2. The molecule has 0 atom stereocenters. The first kappa shape index (κ1) is 16.1. The zero-order valence-electron chi connectivity index (χ0n) is 13.5. The lowest BCUT2D eigenvalue weighted by molar-refractivity contribution is 0.0888. The average molecular weight is 305 g/mol. The van der Waals surface area contributed by atoms with E-state index in [1.54, 1.807) is 0 Å². The number of hydrogen-bond acceptors (Lipinski definition) is 4. The summed E-state index contributed by atoms with van der Waals surface area (Å²) in [7, 11) is 0. The van der Waals surface area contributed by atoms with Crippen LogP contribution in [0.3, 0.4) is 0 Å². The molecule has 1 aromatic rings. The summed E-state index contributed by atoms with van der Waals surface area (Å²) in [6, 6.07) is 0. The number of nitrogens with one attached hydrogen (secondary N) is 1. The molecule has 0 bridgehead atoms. The van der Waals surface area contributed by atoms with Crippen molar-refractivity contribution in [2.45, 2.75) is 52.5 Å². The van der Waals surface area contributed by atoms with E-state index in [4.69, 9.17) is 15.9 Å². The molecule has 1 aliphatic rings. The van der Waals surface area contributed by atoms with Gasteiger partial charge in [-0.1, -0.05) is 0 Å². The highest BCUT2D eigenvalue weighted by Crippen LogP contribution is 2.30. The van der Waals surface area contributed by atoms with E-state index in [0.29, 0.717) is 5.76 Å². The van der Waals surface area contributed by atoms with Gasteiger partial charge in [0, 0.05) is 23.1 Å². The van der Waals surface area contributed by atoms with Crippen LogP contribution in [0.5, 0.6) is 0 Å². The van der Waals surface area contributed by atoms with E-state index >= 15 is 0 Å². The maximum absolute atomic E-state index is 12.4. The highest BCUT2D eigenvalue weighted by Gasteiger charge is 2.29. The van der Waals surface area contributed by atoms with Crippen molar-refractivity contribution < 1.29 is 9.21 Å². The van der Waals surface area contributed by atoms with Crippen molar-refractivity contribution in [2.75, 3.05) is 0 Å². The quantitative estimate of drug-likeness (QED) is 0.435. The van der Waals surface area contributed by atoms with Gasteiger partial charge in [-0.15, -0.1) is 5.10 Å². The molecule has 1 aliphatic carbocycles. The smallest absolute Gasteiger partial charge is 0.287 e. The van der Waals surface area contributed by atoms with Gasteiger partial charge in [0.05, 0.1) is 5.71 Å². The predicted octanol–water partition coefficient (Wildman–Crippen LogP) is 1.43. The van der Waals surface area contributed by atoms with Crippen LogP contribution in [0.25, 0.3) is 0 Å². The van der Waals surface area contributed by atoms with Crippen molar-refractivity contribution in [3.8, 4) is 0 Å². The summed E-state index contributed by atoms with van der Waals surface area (Å²) in [4.78, 5) is 12.4. The molecule has 1 amide bonds. The van der Waals surface area contributed by atoms with Crippen LogP contribution < -0.4 is 16.8 Å². The van der Waals surface area contributed by atoms with Crippen LogP contribution in [-0.2, 0) is 6.42 Å². The lowest BCUT2D eigenvalue weighted by Crippen LogP contribution is -2.40. The molecule has 0 unspecified atom stereocenters. The molecule has 0 spiro atoms. The maximum atomic E-state index is 12.4. The number of carbonyl (C=O) groups excluding carboxylic acids is 1. The standard InChI is InChI=1S/C15H23N5O2/c1-8-11-9(19-20-14(16)17)6-5-7-10(11)22-12(8)13(21)18-15(2,3)4/h5-7H2,1-4H3,(H,18,21)(H4,16,17,20)/b19-9+. The van der Waals surface area contributed by atoms with E-state index in [0.717, 1.165) is 41.9 Å². The summed E-state index contributed by atoms with van der Waals surface area (Å²) in [5, 5.41) is 10.7. The van der Waals surface area contributed by atoms with Crippen LogP contribution >= 0.6 is 0 Å². The third kappa shape index (κ3) is 3.47. The van der Waals surface area contributed by atoms with E-state index in [1.807, 2.05) is 27.7 Å². The van der Waals surface area contributed by atoms with Crippen molar-refractivity contribution in [1.82, 2.24) is 5.32 Å². The molecule has 0 fully saturated rings. The fourth-order valence-electron chi connectivity index (χ4n) is 2.50. The number of aryl methyl sites for hydroxylation is 1. The number of rotatable bonds is 2. The molecule has 0 aliphatic heterocycles. The Kier molecular flexibility index (Phi) is 4.25. The molecule has 0 saturated carbocycles. The molecule has 0 radical (unpaired) electrons. The first-order valence-corrected chi connectivity index (χ1v) is 7.29.